The monoisotopic (exact) mass is 377 g/mol. The Kier molecular flexibility index (Phi) is 9.25. The third-order valence-corrected chi connectivity index (χ3v) is 4.80. The van der Waals surface area contributed by atoms with Gasteiger partial charge >= 0.3 is 0 Å². The molecule has 1 aromatic carbocycles. The van der Waals surface area contributed by atoms with E-state index in [9.17, 15) is 4.79 Å². The second kappa shape index (κ2) is 9.59. The molecule has 1 fully saturated rings. The summed E-state index contributed by atoms with van der Waals surface area (Å²) < 4.78 is 5.45. The number of rotatable bonds is 5. The van der Waals surface area contributed by atoms with Crippen molar-refractivity contribution in [1.29, 1.82) is 0 Å². The van der Waals surface area contributed by atoms with E-state index >= 15 is 0 Å². The highest BCUT2D eigenvalue weighted by molar-refractivity contribution is 5.87. The number of ether oxygens (including phenoxy) is 1. The molecular formula is C17H29Cl2N3O2. The fourth-order valence-corrected chi connectivity index (χ4v) is 2.88. The maximum Gasteiger partial charge on any atom is 0.244 e. The first kappa shape index (κ1) is 23.1. The molecular weight excluding hydrogens is 349 g/mol. The van der Waals surface area contributed by atoms with Crippen LogP contribution in [-0.2, 0) is 15.1 Å². The summed E-state index contributed by atoms with van der Waals surface area (Å²) in [7, 11) is 4.10. The fourth-order valence-electron chi connectivity index (χ4n) is 2.88. The number of carbonyl (C=O) groups excluding carboxylic acids is 1. The first-order chi connectivity index (χ1) is 10.4. The van der Waals surface area contributed by atoms with Gasteiger partial charge in [0.2, 0.25) is 5.91 Å². The Morgan fingerprint density at radius 2 is 1.79 bits per heavy atom. The summed E-state index contributed by atoms with van der Waals surface area (Å²) in [6.45, 7) is 3.80. The van der Waals surface area contributed by atoms with Crippen molar-refractivity contribution in [3.63, 3.8) is 0 Å². The normalized spacial score (nSPS) is 18.7. The van der Waals surface area contributed by atoms with Crippen LogP contribution < -0.4 is 11.1 Å². The van der Waals surface area contributed by atoms with Crippen molar-refractivity contribution >= 4 is 30.7 Å². The van der Waals surface area contributed by atoms with Crippen molar-refractivity contribution in [3.8, 4) is 0 Å². The molecule has 2 rings (SSSR count). The summed E-state index contributed by atoms with van der Waals surface area (Å²) in [5, 5.41) is 3.05. The molecule has 0 aromatic heterocycles. The van der Waals surface area contributed by atoms with Crippen molar-refractivity contribution in [1.82, 2.24) is 10.2 Å². The summed E-state index contributed by atoms with van der Waals surface area (Å²) in [6.07, 6.45) is 1.82. The molecule has 1 heterocycles. The van der Waals surface area contributed by atoms with E-state index in [1.165, 1.54) is 0 Å². The van der Waals surface area contributed by atoms with Crippen LogP contribution in [0.1, 0.15) is 25.3 Å². The van der Waals surface area contributed by atoms with Gasteiger partial charge in [-0.25, -0.2) is 0 Å². The Hall–Kier alpha value is -0.850. The van der Waals surface area contributed by atoms with Crippen LogP contribution in [-0.4, -0.2) is 50.2 Å². The second-order valence-electron chi connectivity index (χ2n) is 6.48. The maximum atomic E-state index is 12.6. The van der Waals surface area contributed by atoms with Crippen LogP contribution in [0.3, 0.4) is 0 Å². The van der Waals surface area contributed by atoms with Gasteiger partial charge in [0, 0.05) is 25.3 Å². The van der Waals surface area contributed by atoms with Gasteiger partial charge in [-0.3, -0.25) is 4.79 Å². The standard InChI is InChI=1S/C17H27N3O2.2ClH/c1-16(18,14-7-5-4-6-8-14)15(21)19-13-17(20(2)3)9-11-22-12-10-17;;/h4-8H,9-13,18H2,1-3H3,(H,19,21);2*1H. The number of likely N-dealkylation sites (N-methyl/N-ethyl adjacent to an activating group) is 1. The van der Waals surface area contributed by atoms with E-state index in [0.717, 1.165) is 31.6 Å². The highest BCUT2D eigenvalue weighted by atomic mass is 35.5. The van der Waals surface area contributed by atoms with Gasteiger partial charge in [-0.15, -0.1) is 24.8 Å². The predicted octanol–water partition coefficient (Wildman–Crippen LogP) is 1.93. The van der Waals surface area contributed by atoms with E-state index in [1.54, 1.807) is 6.92 Å². The smallest absolute Gasteiger partial charge is 0.244 e. The molecule has 1 unspecified atom stereocenters. The summed E-state index contributed by atoms with van der Waals surface area (Å²) in [6, 6.07) is 9.48. The minimum Gasteiger partial charge on any atom is -0.381 e. The van der Waals surface area contributed by atoms with E-state index in [2.05, 4.69) is 24.3 Å². The van der Waals surface area contributed by atoms with Crippen LogP contribution in [0.4, 0.5) is 0 Å². The van der Waals surface area contributed by atoms with Crippen molar-refractivity contribution in [2.45, 2.75) is 30.8 Å². The van der Waals surface area contributed by atoms with Gasteiger partial charge in [-0.05, 0) is 39.4 Å². The largest absolute Gasteiger partial charge is 0.381 e. The summed E-state index contributed by atoms with van der Waals surface area (Å²) in [4.78, 5) is 14.8. The average molecular weight is 378 g/mol. The lowest BCUT2D eigenvalue weighted by Crippen LogP contribution is -2.58. The van der Waals surface area contributed by atoms with Crippen LogP contribution in [0.5, 0.6) is 0 Å². The van der Waals surface area contributed by atoms with Crippen LogP contribution in [0, 0.1) is 0 Å². The van der Waals surface area contributed by atoms with Gasteiger partial charge in [0.1, 0.15) is 5.54 Å². The van der Waals surface area contributed by atoms with Crippen molar-refractivity contribution in [3.05, 3.63) is 35.9 Å². The molecule has 0 spiro atoms. The zero-order chi connectivity index (χ0) is 16.2. The number of nitrogens with zero attached hydrogens (tertiary/aromatic N) is 1. The third-order valence-electron chi connectivity index (χ3n) is 4.80. The minimum atomic E-state index is -1.03. The number of nitrogens with two attached hydrogens (primary N) is 1. The summed E-state index contributed by atoms with van der Waals surface area (Å²) in [5.41, 5.74) is 6.00. The average Bonchev–Trinajstić information content (AvgIpc) is 2.54. The number of hydrogen-bond donors (Lipinski definition) is 2. The molecule has 1 aromatic rings. The highest BCUT2D eigenvalue weighted by Crippen LogP contribution is 2.26. The Morgan fingerprint density at radius 1 is 1.25 bits per heavy atom. The molecule has 1 aliphatic rings. The van der Waals surface area contributed by atoms with E-state index < -0.39 is 5.54 Å². The fraction of sp³-hybridized carbons (Fsp3) is 0.588. The molecule has 1 aliphatic heterocycles. The number of amides is 1. The lowest BCUT2D eigenvalue weighted by molar-refractivity contribution is -0.127. The topological polar surface area (TPSA) is 67.6 Å². The van der Waals surface area contributed by atoms with Crippen LogP contribution in [0.15, 0.2) is 30.3 Å². The Bertz CT molecular complexity index is 504. The molecule has 0 aliphatic carbocycles. The molecule has 7 heteroatoms. The maximum absolute atomic E-state index is 12.6. The van der Waals surface area contributed by atoms with E-state index in [4.69, 9.17) is 10.5 Å². The first-order valence-electron chi connectivity index (χ1n) is 7.76. The van der Waals surface area contributed by atoms with E-state index in [0.29, 0.717) is 6.54 Å². The van der Waals surface area contributed by atoms with Gasteiger partial charge in [-0.1, -0.05) is 30.3 Å². The second-order valence-corrected chi connectivity index (χ2v) is 6.48. The molecule has 0 saturated carbocycles. The van der Waals surface area contributed by atoms with E-state index in [1.807, 2.05) is 30.3 Å². The zero-order valence-electron chi connectivity index (χ0n) is 14.6. The molecule has 3 N–H and O–H groups in total. The molecule has 1 saturated heterocycles. The van der Waals surface area contributed by atoms with Crippen molar-refractivity contribution in [2.24, 2.45) is 5.73 Å². The van der Waals surface area contributed by atoms with Crippen molar-refractivity contribution < 1.29 is 9.53 Å². The summed E-state index contributed by atoms with van der Waals surface area (Å²) in [5.74, 6) is -0.147. The zero-order valence-corrected chi connectivity index (χ0v) is 16.2. The predicted molar refractivity (Wildman–Crippen MR) is 102 cm³/mol. The molecule has 0 radical (unpaired) electrons. The molecule has 24 heavy (non-hydrogen) atoms. The number of benzene rings is 1. The number of hydrogen-bond acceptors (Lipinski definition) is 4. The number of carbonyl (C=O) groups is 1. The van der Waals surface area contributed by atoms with Gasteiger partial charge in [0.25, 0.3) is 0 Å². The van der Waals surface area contributed by atoms with Gasteiger partial charge in [-0.2, -0.15) is 0 Å². The lowest BCUT2D eigenvalue weighted by Gasteiger charge is -2.43. The summed E-state index contributed by atoms with van der Waals surface area (Å²) >= 11 is 0. The molecule has 0 bridgehead atoms. The quantitative estimate of drug-likeness (QED) is 0.822. The first-order valence-corrected chi connectivity index (χ1v) is 7.76. The minimum absolute atomic E-state index is 0. The molecule has 5 nitrogen and oxygen atoms in total. The van der Waals surface area contributed by atoms with Gasteiger partial charge in [0.15, 0.2) is 0 Å². The van der Waals surface area contributed by atoms with E-state index in [-0.39, 0.29) is 36.3 Å². The Morgan fingerprint density at radius 3 is 2.29 bits per heavy atom. The molecule has 1 amide bonds. The Balaban J connectivity index is 0.00000264. The van der Waals surface area contributed by atoms with Crippen molar-refractivity contribution in [2.75, 3.05) is 33.9 Å². The number of nitrogens with one attached hydrogen (secondary N) is 1. The highest BCUT2D eigenvalue weighted by Gasteiger charge is 2.37. The third kappa shape index (κ3) is 5.07. The molecule has 1 atom stereocenters. The SMILES string of the molecule is CN(C)C1(CNC(=O)C(C)(N)c2ccccc2)CCOCC1.Cl.Cl. The van der Waals surface area contributed by atoms with Crippen LogP contribution in [0.25, 0.3) is 0 Å². The van der Waals surface area contributed by atoms with Crippen LogP contribution in [0.2, 0.25) is 0 Å². The Labute approximate surface area is 157 Å². The van der Waals surface area contributed by atoms with Crippen LogP contribution >= 0.6 is 24.8 Å². The van der Waals surface area contributed by atoms with Gasteiger partial charge in [0.05, 0.1) is 0 Å². The molecule has 138 valence electrons. The number of halogens is 2. The van der Waals surface area contributed by atoms with Gasteiger partial charge < -0.3 is 20.7 Å². The lowest BCUT2D eigenvalue weighted by atomic mass is 9.87.